The first-order chi connectivity index (χ1) is 12.0. The van der Waals surface area contributed by atoms with Crippen LogP contribution in [0.4, 0.5) is 8.78 Å². The zero-order valence-electron chi connectivity index (χ0n) is 13.4. The van der Waals surface area contributed by atoms with Crippen molar-refractivity contribution < 1.29 is 18.3 Å². The number of carbonyl (C=O) groups is 1. The van der Waals surface area contributed by atoms with Crippen LogP contribution in [-0.2, 0) is 11.3 Å². The maximum atomic E-state index is 12.2. The van der Waals surface area contributed by atoms with E-state index in [4.69, 9.17) is 16.3 Å². The molecule has 1 aromatic rings. The van der Waals surface area contributed by atoms with E-state index in [2.05, 4.69) is 10.3 Å². The summed E-state index contributed by atoms with van der Waals surface area (Å²) in [7, 11) is 0. The summed E-state index contributed by atoms with van der Waals surface area (Å²) >= 11 is 6.23. The Balaban J connectivity index is 1.64. The van der Waals surface area contributed by atoms with Crippen molar-refractivity contribution in [2.45, 2.75) is 32.1 Å². The van der Waals surface area contributed by atoms with Crippen LogP contribution in [0.1, 0.15) is 18.4 Å². The van der Waals surface area contributed by atoms with Crippen LogP contribution in [0.15, 0.2) is 35.5 Å². The molecular formula is C17H18ClF2N3O2. The monoisotopic (exact) mass is 369 g/mol. The molecule has 0 saturated heterocycles. The van der Waals surface area contributed by atoms with Crippen LogP contribution < -0.4 is 10.1 Å². The Labute approximate surface area is 149 Å². The molecule has 25 heavy (non-hydrogen) atoms. The molecule has 1 amide bonds. The topological polar surface area (TPSA) is 53.9 Å². The van der Waals surface area contributed by atoms with Gasteiger partial charge in [0.1, 0.15) is 12.4 Å². The molecule has 1 aromatic carbocycles. The molecule has 1 fully saturated rings. The number of nitrogens with one attached hydrogen (secondary N) is 1. The summed E-state index contributed by atoms with van der Waals surface area (Å²) in [5.41, 5.74) is 0.776. The maximum absolute atomic E-state index is 12.2. The van der Waals surface area contributed by atoms with E-state index in [0.29, 0.717) is 17.3 Å². The summed E-state index contributed by atoms with van der Waals surface area (Å²) in [5.74, 6) is 0.391. The zero-order chi connectivity index (χ0) is 17.8. The molecular weight excluding hydrogens is 352 g/mol. The quantitative estimate of drug-likeness (QED) is 0.803. The van der Waals surface area contributed by atoms with Crippen molar-refractivity contribution >= 4 is 23.7 Å². The number of halogens is 3. The molecule has 3 rings (SSSR count). The third kappa shape index (κ3) is 4.92. The molecule has 8 heteroatoms. The van der Waals surface area contributed by atoms with Crippen molar-refractivity contribution in [3.8, 4) is 5.75 Å². The summed E-state index contributed by atoms with van der Waals surface area (Å²) in [4.78, 5) is 18.1. The van der Waals surface area contributed by atoms with Crippen molar-refractivity contribution in [2.75, 3.05) is 6.61 Å². The number of benzene rings is 1. The first-order valence-corrected chi connectivity index (χ1v) is 8.36. The van der Waals surface area contributed by atoms with Crippen LogP contribution in [0.3, 0.4) is 0 Å². The van der Waals surface area contributed by atoms with Gasteiger partial charge in [0, 0.05) is 29.9 Å². The highest BCUT2D eigenvalue weighted by Crippen LogP contribution is 2.29. The number of nitrogens with zero attached hydrogens (tertiary/aromatic N) is 2. The van der Waals surface area contributed by atoms with Crippen LogP contribution in [0.25, 0.3) is 0 Å². The van der Waals surface area contributed by atoms with E-state index in [1.165, 1.54) is 6.07 Å². The number of carbonyl (C=O) groups excluding carboxylic acids is 1. The van der Waals surface area contributed by atoms with Gasteiger partial charge in [0.05, 0.1) is 0 Å². The van der Waals surface area contributed by atoms with Crippen LogP contribution >= 0.6 is 11.6 Å². The number of amides is 1. The van der Waals surface area contributed by atoms with Gasteiger partial charge >= 0.3 is 0 Å². The Hall–Kier alpha value is -2.15. The highest BCUT2D eigenvalue weighted by atomic mass is 35.5. The molecule has 2 aliphatic rings. The van der Waals surface area contributed by atoms with E-state index in [0.717, 1.165) is 18.4 Å². The lowest BCUT2D eigenvalue weighted by atomic mass is 10.2. The Bertz CT molecular complexity index is 692. The SMILES string of the molecule is O=C(NC1N=CC=CN1Cc1ccc(OCC(F)F)cc1Cl)C1CC1. The number of rotatable bonds is 7. The van der Waals surface area contributed by atoms with E-state index in [9.17, 15) is 13.6 Å². The minimum atomic E-state index is -2.54. The molecule has 0 bridgehead atoms. The molecule has 1 atom stereocenters. The van der Waals surface area contributed by atoms with Gasteiger partial charge in [-0.15, -0.1) is 0 Å². The van der Waals surface area contributed by atoms with Gasteiger partial charge in [-0.25, -0.2) is 13.8 Å². The van der Waals surface area contributed by atoms with E-state index >= 15 is 0 Å². The molecule has 1 aliphatic heterocycles. The lowest BCUT2D eigenvalue weighted by Crippen LogP contribution is -2.45. The van der Waals surface area contributed by atoms with Gasteiger partial charge in [0.25, 0.3) is 6.43 Å². The van der Waals surface area contributed by atoms with Gasteiger partial charge in [-0.1, -0.05) is 17.7 Å². The normalized spacial score (nSPS) is 19.4. The van der Waals surface area contributed by atoms with Gasteiger partial charge in [0.15, 0.2) is 6.29 Å². The second-order valence-electron chi connectivity index (χ2n) is 5.92. The molecule has 0 aromatic heterocycles. The van der Waals surface area contributed by atoms with E-state index in [-0.39, 0.29) is 11.8 Å². The smallest absolute Gasteiger partial charge is 0.272 e. The summed E-state index contributed by atoms with van der Waals surface area (Å²) in [6, 6.07) is 4.82. The van der Waals surface area contributed by atoms with Crippen LogP contribution in [0.2, 0.25) is 5.02 Å². The first-order valence-electron chi connectivity index (χ1n) is 7.98. The molecule has 5 nitrogen and oxygen atoms in total. The molecule has 0 radical (unpaired) electrons. The second-order valence-corrected chi connectivity index (χ2v) is 6.33. The number of aliphatic imine (C=N–C) groups is 1. The van der Waals surface area contributed by atoms with Crippen LogP contribution in [-0.4, -0.2) is 36.3 Å². The lowest BCUT2D eigenvalue weighted by molar-refractivity contribution is -0.124. The van der Waals surface area contributed by atoms with Crippen LogP contribution in [0, 0.1) is 5.92 Å². The number of hydrogen-bond acceptors (Lipinski definition) is 4. The Morgan fingerprint density at radius 3 is 2.92 bits per heavy atom. The van der Waals surface area contributed by atoms with E-state index in [1.807, 2.05) is 11.1 Å². The lowest BCUT2D eigenvalue weighted by Gasteiger charge is -2.30. The van der Waals surface area contributed by atoms with Crippen LogP contribution in [0.5, 0.6) is 5.75 Å². The van der Waals surface area contributed by atoms with Crippen molar-refractivity contribution in [2.24, 2.45) is 10.9 Å². The van der Waals surface area contributed by atoms with Gasteiger partial charge in [-0.05, 0) is 36.6 Å². The number of alkyl halides is 2. The van der Waals surface area contributed by atoms with Gasteiger partial charge in [0.2, 0.25) is 5.91 Å². The summed E-state index contributed by atoms with van der Waals surface area (Å²) in [5, 5.41) is 3.31. The van der Waals surface area contributed by atoms with Gasteiger partial charge in [-0.3, -0.25) is 4.79 Å². The fourth-order valence-corrected chi connectivity index (χ4v) is 2.63. The molecule has 1 aliphatic carbocycles. The molecule has 1 unspecified atom stereocenters. The van der Waals surface area contributed by atoms with Crippen molar-refractivity contribution in [1.82, 2.24) is 10.2 Å². The Morgan fingerprint density at radius 2 is 2.24 bits per heavy atom. The van der Waals surface area contributed by atoms with E-state index in [1.54, 1.807) is 24.4 Å². The average Bonchev–Trinajstić information content (AvgIpc) is 3.42. The van der Waals surface area contributed by atoms with Crippen molar-refractivity contribution in [3.05, 3.63) is 41.1 Å². The number of ether oxygens (including phenoxy) is 1. The minimum Gasteiger partial charge on any atom is -0.488 e. The van der Waals surface area contributed by atoms with Gasteiger partial charge < -0.3 is 15.0 Å². The third-order valence-electron chi connectivity index (χ3n) is 3.88. The summed E-state index contributed by atoms with van der Waals surface area (Å²) < 4.78 is 29.4. The minimum absolute atomic E-state index is 0.00398. The molecule has 0 spiro atoms. The number of allylic oxidation sites excluding steroid dienone is 1. The number of hydrogen-bond donors (Lipinski definition) is 1. The Kier molecular flexibility index (Phi) is 5.53. The fraction of sp³-hybridized carbons (Fsp3) is 0.412. The molecule has 1 heterocycles. The largest absolute Gasteiger partial charge is 0.488 e. The first kappa shape index (κ1) is 17.7. The predicted octanol–water partition coefficient (Wildman–Crippen LogP) is 3.19. The summed E-state index contributed by atoms with van der Waals surface area (Å²) in [6.45, 7) is -0.258. The second kappa shape index (κ2) is 7.82. The molecule has 1 saturated carbocycles. The summed E-state index contributed by atoms with van der Waals surface area (Å²) in [6.07, 6.45) is 4.05. The van der Waals surface area contributed by atoms with Crippen molar-refractivity contribution in [3.63, 3.8) is 0 Å². The predicted molar refractivity (Wildman–Crippen MR) is 90.8 cm³/mol. The zero-order valence-corrected chi connectivity index (χ0v) is 14.1. The highest BCUT2D eigenvalue weighted by Gasteiger charge is 2.32. The molecule has 134 valence electrons. The Morgan fingerprint density at radius 1 is 1.44 bits per heavy atom. The standard InChI is InChI=1S/C17H18ClF2N3O2/c18-14-8-13(25-10-15(19)20)5-4-12(14)9-23-7-1-6-21-17(23)22-16(24)11-2-3-11/h1,4-8,11,15,17H,2-3,9-10H2,(H,22,24). The maximum Gasteiger partial charge on any atom is 0.272 e. The van der Waals surface area contributed by atoms with E-state index < -0.39 is 19.3 Å². The van der Waals surface area contributed by atoms with Gasteiger partial charge in [-0.2, -0.15) is 0 Å². The molecule has 1 N–H and O–H groups in total. The highest BCUT2D eigenvalue weighted by molar-refractivity contribution is 6.31. The third-order valence-corrected chi connectivity index (χ3v) is 4.23. The average molecular weight is 370 g/mol. The van der Waals surface area contributed by atoms with Crippen molar-refractivity contribution in [1.29, 1.82) is 0 Å². The fourth-order valence-electron chi connectivity index (χ4n) is 2.40.